The highest BCUT2D eigenvalue weighted by Crippen LogP contribution is 2.30. The second-order valence-corrected chi connectivity index (χ2v) is 4.08. The number of carbonyl (C=O) groups is 1. The predicted octanol–water partition coefficient (Wildman–Crippen LogP) is 1.44. The first-order valence-corrected chi connectivity index (χ1v) is 5.85. The van der Waals surface area contributed by atoms with E-state index in [1.54, 1.807) is 0 Å². The number of aryl methyl sites for hydroxylation is 1. The molecule has 1 aromatic carbocycles. The summed E-state index contributed by atoms with van der Waals surface area (Å²) in [5.74, 6) is 4.72. The molecule has 0 saturated heterocycles. The summed E-state index contributed by atoms with van der Waals surface area (Å²) < 4.78 is 5.52. The SMILES string of the molecule is O=C(O)c1cc(C#CCO)cc2c1OCCCC2. The Kier molecular flexibility index (Phi) is 3.85. The van der Waals surface area contributed by atoms with Crippen LogP contribution in [0.1, 0.15) is 34.3 Å². The first-order chi connectivity index (χ1) is 8.72. The first-order valence-electron chi connectivity index (χ1n) is 5.85. The molecule has 0 spiro atoms. The van der Waals surface area contributed by atoms with Gasteiger partial charge in [0, 0.05) is 5.56 Å². The zero-order valence-corrected chi connectivity index (χ0v) is 9.90. The molecular formula is C14H14O4. The maximum atomic E-state index is 11.2. The highest BCUT2D eigenvalue weighted by atomic mass is 16.5. The number of benzene rings is 1. The number of hydrogen-bond donors (Lipinski definition) is 2. The molecule has 1 heterocycles. The standard InChI is InChI=1S/C14H14O4/c15-6-3-4-10-8-11-5-1-2-7-18-13(11)12(9-10)14(16)17/h8-9,15H,1-2,5-7H2,(H,16,17). The average Bonchev–Trinajstić information content (AvgIpc) is 2.60. The third kappa shape index (κ3) is 2.63. The first kappa shape index (κ1) is 12.5. The topological polar surface area (TPSA) is 66.8 Å². The molecular weight excluding hydrogens is 232 g/mol. The van der Waals surface area contributed by atoms with Crippen molar-refractivity contribution in [1.29, 1.82) is 0 Å². The van der Waals surface area contributed by atoms with Crippen LogP contribution in [0.5, 0.6) is 5.75 Å². The molecule has 2 rings (SSSR count). The smallest absolute Gasteiger partial charge is 0.339 e. The second kappa shape index (κ2) is 5.56. The minimum absolute atomic E-state index is 0.150. The molecule has 1 aliphatic heterocycles. The van der Waals surface area contributed by atoms with Crippen molar-refractivity contribution in [2.45, 2.75) is 19.3 Å². The van der Waals surface area contributed by atoms with Crippen LogP contribution in [-0.2, 0) is 6.42 Å². The molecule has 2 N–H and O–H groups in total. The van der Waals surface area contributed by atoms with Crippen molar-refractivity contribution in [3.05, 3.63) is 28.8 Å². The zero-order chi connectivity index (χ0) is 13.0. The van der Waals surface area contributed by atoms with E-state index in [-0.39, 0.29) is 12.2 Å². The van der Waals surface area contributed by atoms with Crippen LogP contribution in [0.4, 0.5) is 0 Å². The molecule has 94 valence electrons. The Hall–Kier alpha value is -1.99. The van der Waals surface area contributed by atoms with Crippen molar-refractivity contribution in [3.63, 3.8) is 0 Å². The van der Waals surface area contributed by atoms with E-state index in [0.29, 0.717) is 17.9 Å². The Bertz CT molecular complexity index is 523. The fourth-order valence-corrected chi connectivity index (χ4v) is 2.01. The van der Waals surface area contributed by atoms with Crippen molar-refractivity contribution in [3.8, 4) is 17.6 Å². The Balaban J connectivity index is 2.52. The molecule has 0 radical (unpaired) electrons. The summed E-state index contributed by atoms with van der Waals surface area (Å²) in [6.07, 6.45) is 2.69. The van der Waals surface area contributed by atoms with Crippen LogP contribution in [0.2, 0.25) is 0 Å². The van der Waals surface area contributed by atoms with Gasteiger partial charge in [-0.05, 0) is 37.0 Å². The molecule has 0 aliphatic carbocycles. The van der Waals surface area contributed by atoms with Gasteiger partial charge in [-0.3, -0.25) is 0 Å². The van der Waals surface area contributed by atoms with Crippen LogP contribution < -0.4 is 4.74 Å². The lowest BCUT2D eigenvalue weighted by Crippen LogP contribution is -2.05. The largest absolute Gasteiger partial charge is 0.492 e. The minimum atomic E-state index is -1.01. The van der Waals surface area contributed by atoms with E-state index < -0.39 is 5.97 Å². The number of aromatic carboxylic acids is 1. The van der Waals surface area contributed by atoms with Crippen molar-refractivity contribution in [2.75, 3.05) is 13.2 Å². The molecule has 0 atom stereocenters. The van der Waals surface area contributed by atoms with Gasteiger partial charge in [-0.2, -0.15) is 0 Å². The van der Waals surface area contributed by atoms with Gasteiger partial charge in [0.1, 0.15) is 17.9 Å². The molecule has 0 saturated carbocycles. The van der Waals surface area contributed by atoms with Crippen LogP contribution in [0.3, 0.4) is 0 Å². The van der Waals surface area contributed by atoms with Crippen molar-refractivity contribution in [1.82, 2.24) is 0 Å². The van der Waals surface area contributed by atoms with Crippen LogP contribution in [-0.4, -0.2) is 29.4 Å². The molecule has 18 heavy (non-hydrogen) atoms. The van der Waals surface area contributed by atoms with Gasteiger partial charge in [0.2, 0.25) is 0 Å². The third-order valence-electron chi connectivity index (χ3n) is 2.79. The summed E-state index contributed by atoms with van der Waals surface area (Å²) in [5.41, 5.74) is 1.64. The highest BCUT2D eigenvalue weighted by Gasteiger charge is 2.19. The number of carboxylic acid groups (broad SMARTS) is 1. The van der Waals surface area contributed by atoms with Crippen LogP contribution in [0, 0.1) is 11.8 Å². The fourth-order valence-electron chi connectivity index (χ4n) is 2.01. The summed E-state index contributed by atoms with van der Waals surface area (Å²) >= 11 is 0. The van der Waals surface area contributed by atoms with Gasteiger partial charge in [-0.15, -0.1) is 0 Å². The quantitative estimate of drug-likeness (QED) is 0.736. The second-order valence-electron chi connectivity index (χ2n) is 4.08. The monoisotopic (exact) mass is 246 g/mol. The molecule has 1 aliphatic rings. The van der Waals surface area contributed by atoms with Gasteiger partial charge in [0.25, 0.3) is 0 Å². The number of aliphatic hydroxyl groups excluding tert-OH is 1. The van der Waals surface area contributed by atoms with E-state index in [2.05, 4.69) is 11.8 Å². The summed E-state index contributed by atoms with van der Waals surface area (Å²) in [6, 6.07) is 3.34. The molecule has 1 aromatic rings. The lowest BCUT2D eigenvalue weighted by Gasteiger charge is -2.11. The Labute approximate surface area is 105 Å². The highest BCUT2D eigenvalue weighted by molar-refractivity contribution is 5.92. The molecule has 0 bridgehead atoms. The molecule has 0 aromatic heterocycles. The zero-order valence-electron chi connectivity index (χ0n) is 9.90. The number of rotatable bonds is 1. The maximum Gasteiger partial charge on any atom is 0.339 e. The van der Waals surface area contributed by atoms with E-state index in [0.717, 1.165) is 24.8 Å². The summed E-state index contributed by atoms with van der Waals surface area (Å²) in [4.78, 5) is 11.2. The lowest BCUT2D eigenvalue weighted by molar-refractivity contribution is 0.0692. The number of ether oxygens (including phenoxy) is 1. The molecule has 4 heteroatoms. The van der Waals surface area contributed by atoms with Gasteiger partial charge < -0.3 is 14.9 Å². The average molecular weight is 246 g/mol. The Morgan fingerprint density at radius 1 is 1.39 bits per heavy atom. The fraction of sp³-hybridized carbons (Fsp3) is 0.357. The van der Waals surface area contributed by atoms with Crippen molar-refractivity contribution >= 4 is 5.97 Å². The molecule has 0 fully saturated rings. The van der Waals surface area contributed by atoms with Gasteiger partial charge in [-0.25, -0.2) is 4.79 Å². The Morgan fingerprint density at radius 3 is 2.94 bits per heavy atom. The number of hydrogen-bond acceptors (Lipinski definition) is 3. The predicted molar refractivity (Wildman–Crippen MR) is 65.8 cm³/mol. The third-order valence-corrected chi connectivity index (χ3v) is 2.79. The van der Waals surface area contributed by atoms with Crippen molar-refractivity contribution < 1.29 is 19.7 Å². The number of carboxylic acids is 1. The molecule has 0 amide bonds. The number of aliphatic hydroxyl groups is 1. The van der Waals surface area contributed by atoms with Crippen LogP contribution in [0.15, 0.2) is 12.1 Å². The Morgan fingerprint density at radius 2 is 2.22 bits per heavy atom. The van der Waals surface area contributed by atoms with E-state index in [4.69, 9.17) is 9.84 Å². The van der Waals surface area contributed by atoms with E-state index in [9.17, 15) is 9.90 Å². The summed E-state index contributed by atoms with van der Waals surface area (Å²) in [5, 5.41) is 17.9. The van der Waals surface area contributed by atoms with E-state index >= 15 is 0 Å². The lowest BCUT2D eigenvalue weighted by atomic mass is 10.0. The maximum absolute atomic E-state index is 11.2. The van der Waals surface area contributed by atoms with Gasteiger partial charge in [0.15, 0.2) is 0 Å². The van der Waals surface area contributed by atoms with E-state index in [1.165, 1.54) is 6.07 Å². The van der Waals surface area contributed by atoms with Gasteiger partial charge in [-0.1, -0.05) is 11.8 Å². The van der Waals surface area contributed by atoms with Crippen molar-refractivity contribution in [2.24, 2.45) is 0 Å². The molecule has 0 unspecified atom stereocenters. The minimum Gasteiger partial charge on any atom is -0.492 e. The van der Waals surface area contributed by atoms with Gasteiger partial charge >= 0.3 is 5.97 Å². The summed E-state index contributed by atoms with van der Waals surface area (Å²) in [7, 11) is 0. The van der Waals surface area contributed by atoms with E-state index in [1.807, 2.05) is 6.07 Å². The number of fused-ring (bicyclic) bond motifs is 1. The summed E-state index contributed by atoms with van der Waals surface area (Å²) in [6.45, 7) is 0.310. The van der Waals surface area contributed by atoms with Crippen LogP contribution in [0.25, 0.3) is 0 Å². The van der Waals surface area contributed by atoms with Gasteiger partial charge in [0.05, 0.1) is 6.61 Å². The van der Waals surface area contributed by atoms with Crippen LogP contribution >= 0.6 is 0 Å². The molecule has 4 nitrogen and oxygen atoms in total. The normalized spacial score (nSPS) is 13.6.